The lowest BCUT2D eigenvalue weighted by Crippen LogP contribution is -2.39. The van der Waals surface area contributed by atoms with Crippen LogP contribution < -0.4 is 5.48 Å². The number of rotatable bonds is 6. The third-order valence-electron chi connectivity index (χ3n) is 1.79. The van der Waals surface area contributed by atoms with E-state index in [0.29, 0.717) is 0 Å². The van der Waals surface area contributed by atoms with Crippen molar-refractivity contribution in [3.63, 3.8) is 0 Å². The molecule has 0 aliphatic carbocycles. The molecule has 82 valence electrons. The first kappa shape index (κ1) is 11.6. The SMILES string of the molecule is O=C(O)[C@@H](CO)NOCc1ccccc1. The summed E-state index contributed by atoms with van der Waals surface area (Å²) in [5, 5.41) is 17.2. The lowest BCUT2D eigenvalue weighted by atomic mass is 10.2. The van der Waals surface area contributed by atoms with Gasteiger partial charge in [-0.25, -0.2) is 0 Å². The zero-order chi connectivity index (χ0) is 11.1. The van der Waals surface area contributed by atoms with Gasteiger partial charge in [0.2, 0.25) is 0 Å². The largest absolute Gasteiger partial charge is 0.480 e. The highest BCUT2D eigenvalue weighted by Crippen LogP contribution is 1.99. The molecule has 5 nitrogen and oxygen atoms in total. The number of hydrogen-bond donors (Lipinski definition) is 3. The van der Waals surface area contributed by atoms with E-state index in [-0.39, 0.29) is 6.61 Å². The van der Waals surface area contributed by atoms with Crippen molar-refractivity contribution in [2.45, 2.75) is 12.6 Å². The van der Waals surface area contributed by atoms with Gasteiger partial charge in [0, 0.05) is 0 Å². The van der Waals surface area contributed by atoms with Crippen LogP contribution in [0.5, 0.6) is 0 Å². The highest BCUT2D eigenvalue weighted by Gasteiger charge is 2.15. The zero-order valence-electron chi connectivity index (χ0n) is 8.09. The summed E-state index contributed by atoms with van der Waals surface area (Å²) >= 11 is 0. The molecule has 15 heavy (non-hydrogen) atoms. The molecule has 1 rings (SSSR count). The van der Waals surface area contributed by atoms with Crippen LogP contribution in [0, 0.1) is 0 Å². The number of carboxylic acids is 1. The van der Waals surface area contributed by atoms with Crippen molar-refractivity contribution in [2.75, 3.05) is 6.61 Å². The van der Waals surface area contributed by atoms with Gasteiger partial charge in [0.15, 0.2) is 6.04 Å². The molecule has 0 aliphatic rings. The molecular weight excluding hydrogens is 198 g/mol. The Kier molecular flexibility index (Phi) is 4.76. The summed E-state index contributed by atoms with van der Waals surface area (Å²) in [6.07, 6.45) is 0. The summed E-state index contributed by atoms with van der Waals surface area (Å²) in [7, 11) is 0. The summed E-state index contributed by atoms with van der Waals surface area (Å²) in [5.41, 5.74) is 3.19. The summed E-state index contributed by atoms with van der Waals surface area (Å²) in [6.45, 7) is -0.255. The second-order valence-electron chi connectivity index (χ2n) is 2.97. The van der Waals surface area contributed by atoms with Crippen molar-refractivity contribution in [3.8, 4) is 0 Å². The molecule has 0 unspecified atom stereocenters. The fourth-order valence-corrected chi connectivity index (χ4v) is 0.966. The van der Waals surface area contributed by atoms with Gasteiger partial charge in [0.05, 0.1) is 13.2 Å². The Bertz CT molecular complexity index is 302. The Hall–Kier alpha value is -1.43. The van der Waals surface area contributed by atoms with Crippen molar-refractivity contribution in [1.29, 1.82) is 0 Å². The maximum Gasteiger partial charge on any atom is 0.325 e. The second kappa shape index (κ2) is 6.13. The number of aliphatic carboxylic acids is 1. The highest BCUT2D eigenvalue weighted by molar-refractivity contribution is 5.73. The number of aliphatic hydroxyl groups excluding tert-OH is 1. The predicted octanol–water partition coefficient (Wildman–Crippen LogP) is 0.153. The van der Waals surface area contributed by atoms with Crippen LogP contribution >= 0.6 is 0 Å². The number of nitrogens with one attached hydrogen (secondary N) is 1. The molecule has 1 atom stereocenters. The van der Waals surface area contributed by atoms with E-state index >= 15 is 0 Å². The van der Waals surface area contributed by atoms with Gasteiger partial charge >= 0.3 is 5.97 Å². The Morgan fingerprint density at radius 3 is 2.60 bits per heavy atom. The summed E-state index contributed by atoms with van der Waals surface area (Å²) in [4.78, 5) is 15.4. The van der Waals surface area contributed by atoms with Gasteiger partial charge in [-0.1, -0.05) is 30.3 Å². The van der Waals surface area contributed by atoms with E-state index in [1.807, 2.05) is 30.3 Å². The van der Waals surface area contributed by atoms with Crippen molar-refractivity contribution < 1.29 is 19.8 Å². The smallest absolute Gasteiger partial charge is 0.325 e. The molecule has 0 aromatic heterocycles. The fourth-order valence-electron chi connectivity index (χ4n) is 0.966. The minimum Gasteiger partial charge on any atom is -0.480 e. The normalized spacial score (nSPS) is 12.3. The van der Waals surface area contributed by atoms with Gasteiger partial charge in [-0.3, -0.25) is 9.63 Å². The van der Waals surface area contributed by atoms with Crippen LogP contribution in [0.2, 0.25) is 0 Å². The molecule has 0 aliphatic heterocycles. The van der Waals surface area contributed by atoms with E-state index in [2.05, 4.69) is 5.48 Å². The van der Waals surface area contributed by atoms with E-state index < -0.39 is 18.6 Å². The van der Waals surface area contributed by atoms with Gasteiger partial charge in [0.1, 0.15) is 0 Å². The van der Waals surface area contributed by atoms with Crippen LogP contribution in [0.4, 0.5) is 0 Å². The third-order valence-corrected chi connectivity index (χ3v) is 1.79. The molecule has 0 spiro atoms. The molecule has 0 radical (unpaired) electrons. The van der Waals surface area contributed by atoms with Gasteiger partial charge in [-0.15, -0.1) is 0 Å². The lowest BCUT2D eigenvalue weighted by Gasteiger charge is -2.11. The van der Waals surface area contributed by atoms with Crippen molar-refractivity contribution in [2.24, 2.45) is 0 Å². The molecule has 0 fully saturated rings. The van der Waals surface area contributed by atoms with E-state index in [0.717, 1.165) is 5.56 Å². The van der Waals surface area contributed by atoms with E-state index in [1.165, 1.54) is 0 Å². The molecule has 1 aromatic carbocycles. The highest BCUT2D eigenvalue weighted by atomic mass is 16.6. The maximum absolute atomic E-state index is 10.5. The predicted molar refractivity (Wildman–Crippen MR) is 52.9 cm³/mol. The summed E-state index contributed by atoms with van der Waals surface area (Å²) in [5.74, 6) is -1.15. The molecule has 0 heterocycles. The fraction of sp³-hybridized carbons (Fsp3) is 0.300. The van der Waals surface area contributed by atoms with Crippen LogP contribution in [0.15, 0.2) is 30.3 Å². The molecular formula is C10H13NO4. The molecule has 5 heteroatoms. The van der Waals surface area contributed by atoms with Crippen molar-refractivity contribution in [3.05, 3.63) is 35.9 Å². The van der Waals surface area contributed by atoms with Crippen LogP contribution in [0.3, 0.4) is 0 Å². The molecule has 0 bridgehead atoms. The summed E-state index contributed by atoms with van der Waals surface area (Å²) in [6, 6.07) is 8.23. The average molecular weight is 211 g/mol. The average Bonchev–Trinajstić information content (AvgIpc) is 2.25. The number of aliphatic hydroxyl groups is 1. The molecule has 3 N–H and O–H groups in total. The Morgan fingerprint density at radius 2 is 2.07 bits per heavy atom. The third kappa shape index (κ3) is 4.07. The Labute approximate surface area is 87.3 Å². The number of carbonyl (C=O) groups is 1. The quantitative estimate of drug-likeness (QED) is 0.584. The Balaban J connectivity index is 2.30. The number of benzene rings is 1. The molecule has 0 saturated heterocycles. The first-order valence-corrected chi connectivity index (χ1v) is 4.49. The topological polar surface area (TPSA) is 78.8 Å². The summed E-state index contributed by atoms with van der Waals surface area (Å²) < 4.78 is 0. The molecule has 1 aromatic rings. The maximum atomic E-state index is 10.5. The number of hydrogen-bond acceptors (Lipinski definition) is 4. The van der Waals surface area contributed by atoms with E-state index in [9.17, 15) is 4.79 Å². The van der Waals surface area contributed by atoms with E-state index in [1.54, 1.807) is 0 Å². The monoisotopic (exact) mass is 211 g/mol. The van der Waals surface area contributed by atoms with Crippen LogP contribution in [-0.2, 0) is 16.2 Å². The number of carboxylic acid groups (broad SMARTS) is 1. The lowest BCUT2D eigenvalue weighted by molar-refractivity contribution is -0.146. The van der Waals surface area contributed by atoms with Gasteiger partial charge in [0.25, 0.3) is 0 Å². The van der Waals surface area contributed by atoms with Gasteiger partial charge in [-0.2, -0.15) is 5.48 Å². The van der Waals surface area contributed by atoms with Crippen molar-refractivity contribution >= 4 is 5.97 Å². The Morgan fingerprint density at radius 1 is 1.40 bits per heavy atom. The first-order chi connectivity index (χ1) is 7.24. The van der Waals surface area contributed by atoms with E-state index in [4.69, 9.17) is 15.1 Å². The standard InChI is InChI=1S/C10H13NO4/c12-6-9(10(13)14)11-15-7-8-4-2-1-3-5-8/h1-5,9,11-12H,6-7H2,(H,13,14)/t9-/m1/s1. The second-order valence-corrected chi connectivity index (χ2v) is 2.97. The zero-order valence-corrected chi connectivity index (χ0v) is 8.09. The molecule has 0 saturated carbocycles. The molecule has 0 amide bonds. The van der Waals surface area contributed by atoms with Gasteiger partial charge < -0.3 is 10.2 Å². The van der Waals surface area contributed by atoms with Crippen LogP contribution in [0.25, 0.3) is 0 Å². The number of hydroxylamine groups is 1. The van der Waals surface area contributed by atoms with Gasteiger partial charge in [-0.05, 0) is 5.56 Å². The van der Waals surface area contributed by atoms with Crippen molar-refractivity contribution in [1.82, 2.24) is 5.48 Å². The van der Waals surface area contributed by atoms with Crippen LogP contribution in [-0.4, -0.2) is 28.8 Å². The minimum absolute atomic E-state index is 0.255. The van der Waals surface area contributed by atoms with Crippen LogP contribution in [0.1, 0.15) is 5.56 Å². The first-order valence-electron chi connectivity index (χ1n) is 4.49. The minimum atomic E-state index is -1.15.